The molecule has 1 aromatic heterocycles. The van der Waals surface area contributed by atoms with E-state index in [1.165, 1.54) is 5.56 Å². The van der Waals surface area contributed by atoms with E-state index in [9.17, 15) is 13.2 Å². The van der Waals surface area contributed by atoms with Crippen molar-refractivity contribution in [2.24, 2.45) is 7.05 Å². The molecule has 32 heavy (non-hydrogen) atoms. The lowest BCUT2D eigenvalue weighted by atomic mass is 10.1. The van der Waals surface area contributed by atoms with E-state index in [0.717, 1.165) is 30.4 Å². The van der Waals surface area contributed by atoms with Gasteiger partial charge in [-0.2, -0.15) is 0 Å². The number of amides is 1. The van der Waals surface area contributed by atoms with Crippen LogP contribution in [0.1, 0.15) is 41.4 Å². The highest BCUT2D eigenvalue weighted by atomic mass is 32.2. The first-order valence-corrected chi connectivity index (χ1v) is 12.3. The number of rotatable bonds is 8. The molecule has 1 heterocycles. The van der Waals surface area contributed by atoms with Crippen molar-refractivity contribution in [1.82, 2.24) is 14.9 Å². The molecule has 0 aliphatic heterocycles. The summed E-state index contributed by atoms with van der Waals surface area (Å²) in [4.78, 5) is 17.5. The van der Waals surface area contributed by atoms with Crippen LogP contribution < -0.4 is 10.1 Å². The van der Waals surface area contributed by atoms with Crippen LogP contribution >= 0.6 is 0 Å². The molecule has 1 N–H and O–H groups in total. The van der Waals surface area contributed by atoms with E-state index in [4.69, 9.17) is 4.74 Å². The van der Waals surface area contributed by atoms with Crippen molar-refractivity contribution < 1.29 is 17.9 Å². The minimum absolute atomic E-state index is 0.128. The summed E-state index contributed by atoms with van der Waals surface area (Å²) in [5.41, 5.74) is 3.15. The average molecular weight is 454 g/mol. The third kappa shape index (κ3) is 4.70. The van der Waals surface area contributed by atoms with Gasteiger partial charge in [0.15, 0.2) is 9.84 Å². The number of carbonyl (C=O) groups excluding carboxylic acids is 1. The van der Waals surface area contributed by atoms with Crippen LogP contribution in [-0.2, 0) is 34.5 Å². The predicted molar refractivity (Wildman–Crippen MR) is 121 cm³/mol. The first kappa shape index (κ1) is 22.1. The molecule has 1 aliphatic carbocycles. The number of methoxy groups -OCH3 is 1. The number of nitrogens with zero attached hydrogens (tertiary/aromatic N) is 2. The van der Waals surface area contributed by atoms with Crippen molar-refractivity contribution in [2.45, 2.75) is 36.6 Å². The normalized spacial score (nSPS) is 14.1. The van der Waals surface area contributed by atoms with Gasteiger partial charge in [-0.15, -0.1) is 0 Å². The third-order valence-electron chi connectivity index (χ3n) is 5.90. The van der Waals surface area contributed by atoms with Crippen molar-refractivity contribution in [3.63, 3.8) is 0 Å². The second kappa shape index (κ2) is 9.16. The van der Waals surface area contributed by atoms with Gasteiger partial charge in [0.2, 0.25) is 5.91 Å². The maximum absolute atomic E-state index is 12.8. The van der Waals surface area contributed by atoms with E-state index < -0.39 is 15.9 Å². The van der Waals surface area contributed by atoms with E-state index in [1.807, 2.05) is 41.9 Å². The molecule has 2 aromatic carbocycles. The van der Waals surface area contributed by atoms with E-state index in [2.05, 4.69) is 10.3 Å². The van der Waals surface area contributed by atoms with Gasteiger partial charge < -0.3 is 14.6 Å². The summed E-state index contributed by atoms with van der Waals surface area (Å²) in [6.45, 7) is 0. The predicted octanol–water partition coefficient (Wildman–Crippen LogP) is 2.99. The van der Waals surface area contributed by atoms with Gasteiger partial charge >= 0.3 is 0 Å². The molecule has 1 aliphatic rings. The number of nitrogens with one attached hydrogen (secondary N) is 1. The van der Waals surface area contributed by atoms with Gasteiger partial charge in [-0.3, -0.25) is 4.79 Å². The Morgan fingerprint density at radius 1 is 1.16 bits per heavy atom. The highest BCUT2D eigenvalue weighted by Crippen LogP contribution is 2.26. The zero-order valence-corrected chi connectivity index (χ0v) is 19.1. The largest absolute Gasteiger partial charge is 0.497 e. The Morgan fingerprint density at radius 3 is 2.59 bits per heavy atom. The van der Waals surface area contributed by atoms with E-state index in [0.29, 0.717) is 16.5 Å². The molecule has 0 saturated carbocycles. The maximum atomic E-state index is 12.8. The smallest absolute Gasteiger partial charge is 0.221 e. The number of benzene rings is 2. The van der Waals surface area contributed by atoms with Crippen LogP contribution in [0.4, 0.5) is 0 Å². The van der Waals surface area contributed by atoms with Gasteiger partial charge in [0.1, 0.15) is 17.6 Å². The van der Waals surface area contributed by atoms with Crippen molar-refractivity contribution in [3.8, 4) is 5.75 Å². The second-order valence-corrected chi connectivity index (χ2v) is 10.1. The molecule has 1 atom stereocenters. The standard InChI is InChI=1S/C24H27N3O4S/c1-27-14-13-25-24(27)23(18-6-9-20(31-2)10-7-18)26-22(28)12-15-32(29,30)21-11-8-17-4-3-5-19(17)16-21/h6-11,13-14,16,23H,3-5,12,15H2,1-2H3,(H,26,28). The first-order chi connectivity index (χ1) is 15.4. The summed E-state index contributed by atoms with van der Waals surface area (Å²) < 4.78 is 32.7. The lowest BCUT2D eigenvalue weighted by Gasteiger charge is -2.19. The maximum Gasteiger partial charge on any atom is 0.221 e. The van der Waals surface area contributed by atoms with Gasteiger partial charge in [0.05, 0.1) is 17.8 Å². The molecule has 4 rings (SSSR count). The zero-order valence-electron chi connectivity index (χ0n) is 18.2. The summed E-state index contributed by atoms with van der Waals surface area (Å²) in [7, 11) is -0.104. The summed E-state index contributed by atoms with van der Waals surface area (Å²) in [5, 5.41) is 2.95. The minimum Gasteiger partial charge on any atom is -0.497 e. The zero-order chi connectivity index (χ0) is 22.7. The van der Waals surface area contributed by atoms with Gasteiger partial charge in [-0.1, -0.05) is 18.2 Å². The molecule has 8 heteroatoms. The number of sulfone groups is 1. The number of aromatic nitrogens is 2. The third-order valence-corrected chi connectivity index (χ3v) is 7.61. The number of imidazole rings is 1. The van der Waals surface area contributed by atoms with E-state index >= 15 is 0 Å². The molecule has 0 radical (unpaired) electrons. The van der Waals surface area contributed by atoms with Crippen LogP contribution in [0, 0.1) is 0 Å². The van der Waals surface area contributed by atoms with Gasteiger partial charge in [-0.25, -0.2) is 13.4 Å². The number of hydrogen-bond donors (Lipinski definition) is 1. The van der Waals surface area contributed by atoms with Crippen molar-refractivity contribution in [3.05, 3.63) is 77.4 Å². The Kier molecular flexibility index (Phi) is 6.32. The van der Waals surface area contributed by atoms with E-state index in [-0.39, 0.29) is 18.1 Å². The molecule has 0 spiro atoms. The fourth-order valence-corrected chi connectivity index (χ4v) is 5.36. The topological polar surface area (TPSA) is 90.3 Å². The number of ether oxygens (including phenoxy) is 1. The fraction of sp³-hybridized carbons (Fsp3) is 0.333. The summed E-state index contributed by atoms with van der Waals surface area (Å²) >= 11 is 0. The second-order valence-electron chi connectivity index (χ2n) is 8.02. The molecular formula is C24H27N3O4S. The Labute approximate surface area is 188 Å². The molecule has 168 valence electrons. The molecule has 0 saturated heterocycles. The monoisotopic (exact) mass is 453 g/mol. The quantitative estimate of drug-likeness (QED) is 0.566. The molecule has 0 fully saturated rings. The fourth-order valence-electron chi connectivity index (χ4n) is 4.07. The number of aryl methyl sites for hydroxylation is 3. The SMILES string of the molecule is COc1ccc(C(NC(=O)CCS(=O)(=O)c2ccc3c(c2)CCC3)c2nccn2C)cc1. The van der Waals surface area contributed by atoms with E-state index in [1.54, 1.807) is 31.6 Å². The Morgan fingerprint density at radius 2 is 1.91 bits per heavy atom. The highest BCUT2D eigenvalue weighted by molar-refractivity contribution is 7.91. The van der Waals surface area contributed by atoms with Crippen molar-refractivity contribution in [2.75, 3.05) is 12.9 Å². The Bertz CT molecular complexity index is 1220. The molecular weight excluding hydrogens is 426 g/mol. The lowest BCUT2D eigenvalue weighted by Crippen LogP contribution is -2.32. The van der Waals surface area contributed by atoms with Crippen LogP contribution in [0.15, 0.2) is 59.8 Å². The van der Waals surface area contributed by atoms with Crippen molar-refractivity contribution in [1.29, 1.82) is 0 Å². The van der Waals surface area contributed by atoms with Gasteiger partial charge in [0.25, 0.3) is 0 Å². The van der Waals surface area contributed by atoms with Crippen LogP contribution in [0.25, 0.3) is 0 Å². The molecule has 1 unspecified atom stereocenters. The first-order valence-electron chi connectivity index (χ1n) is 10.6. The van der Waals surface area contributed by atoms with Crippen LogP contribution in [0.2, 0.25) is 0 Å². The number of hydrogen-bond acceptors (Lipinski definition) is 5. The average Bonchev–Trinajstić information content (AvgIpc) is 3.44. The van der Waals surface area contributed by atoms with Gasteiger partial charge in [0, 0.05) is 25.9 Å². The molecule has 1 amide bonds. The summed E-state index contributed by atoms with van der Waals surface area (Å²) in [5.74, 6) is 0.774. The van der Waals surface area contributed by atoms with Crippen LogP contribution in [0.5, 0.6) is 5.75 Å². The van der Waals surface area contributed by atoms with Gasteiger partial charge in [-0.05, 0) is 60.2 Å². The van der Waals surface area contributed by atoms with Crippen molar-refractivity contribution >= 4 is 15.7 Å². The van der Waals surface area contributed by atoms with Crippen LogP contribution in [0.3, 0.4) is 0 Å². The summed E-state index contributed by atoms with van der Waals surface area (Å²) in [6.07, 6.45) is 6.30. The lowest BCUT2D eigenvalue weighted by molar-refractivity contribution is -0.121. The number of fused-ring (bicyclic) bond motifs is 1. The minimum atomic E-state index is -3.55. The summed E-state index contributed by atoms with van der Waals surface area (Å²) in [6, 6.07) is 12.2. The Balaban J connectivity index is 1.48. The highest BCUT2D eigenvalue weighted by Gasteiger charge is 2.23. The Hall–Kier alpha value is -3.13. The molecule has 0 bridgehead atoms. The van der Waals surface area contributed by atoms with Crippen LogP contribution in [-0.4, -0.2) is 36.7 Å². The molecule has 3 aromatic rings. The number of carbonyl (C=O) groups is 1. The molecule has 7 nitrogen and oxygen atoms in total.